The SMILES string of the molecule is N=C(N)C1=CS2=C(C=C1)c1ccccc12. The number of benzene rings is 1. The van der Waals surface area contributed by atoms with Crippen LogP contribution in [0.5, 0.6) is 0 Å². The Morgan fingerprint density at radius 1 is 1.20 bits per heavy atom. The third-order valence-electron chi connectivity index (χ3n) is 2.60. The van der Waals surface area contributed by atoms with Gasteiger partial charge in [0.15, 0.2) is 0 Å². The van der Waals surface area contributed by atoms with Crippen LogP contribution in [0.1, 0.15) is 5.56 Å². The Kier molecular flexibility index (Phi) is 1.70. The Hall–Kier alpha value is -1.61. The summed E-state index contributed by atoms with van der Waals surface area (Å²) in [4.78, 5) is 2.74. The molecule has 2 aliphatic rings. The molecule has 15 heavy (non-hydrogen) atoms. The van der Waals surface area contributed by atoms with Crippen molar-refractivity contribution in [3.63, 3.8) is 0 Å². The summed E-state index contributed by atoms with van der Waals surface area (Å²) < 4.78 is 0. The fourth-order valence-corrected chi connectivity index (χ4v) is 3.89. The minimum Gasteiger partial charge on any atom is -0.384 e. The lowest BCUT2D eigenvalue weighted by Crippen LogP contribution is -2.17. The molecule has 2 heterocycles. The van der Waals surface area contributed by atoms with Gasteiger partial charge in [-0.3, -0.25) is 5.41 Å². The molecule has 1 aromatic carbocycles. The average molecular weight is 214 g/mol. The smallest absolute Gasteiger partial charge is 0.123 e. The summed E-state index contributed by atoms with van der Waals surface area (Å²) in [6.45, 7) is 0. The van der Waals surface area contributed by atoms with Gasteiger partial charge >= 0.3 is 0 Å². The molecule has 0 fully saturated rings. The van der Waals surface area contributed by atoms with E-state index in [1.54, 1.807) is 0 Å². The lowest BCUT2D eigenvalue weighted by Gasteiger charge is -2.27. The van der Waals surface area contributed by atoms with E-state index in [9.17, 15) is 0 Å². The molecule has 1 atom stereocenters. The Morgan fingerprint density at radius 2 is 2.00 bits per heavy atom. The number of rotatable bonds is 1. The highest BCUT2D eigenvalue weighted by Crippen LogP contribution is 2.46. The molecular weight excluding hydrogens is 204 g/mol. The van der Waals surface area contributed by atoms with Crippen molar-refractivity contribution < 1.29 is 0 Å². The predicted molar refractivity (Wildman–Crippen MR) is 65.5 cm³/mol. The van der Waals surface area contributed by atoms with Crippen molar-refractivity contribution in [3.05, 3.63) is 53.0 Å². The van der Waals surface area contributed by atoms with Crippen LogP contribution in [0.15, 0.2) is 52.3 Å². The van der Waals surface area contributed by atoms with Crippen LogP contribution >= 0.6 is 10.5 Å². The summed E-state index contributed by atoms with van der Waals surface area (Å²) in [5.74, 6) is 0.155. The largest absolute Gasteiger partial charge is 0.384 e. The Bertz CT molecular complexity index is 565. The van der Waals surface area contributed by atoms with Gasteiger partial charge in [-0.15, -0.1) is 10.5 Å². The van der Waals surface area contributed by atoms with Crippen LogP contribution in [0.25, 0.3) is 0 Å². The van der Waals surface area contributed by atoms with Crippen LogP contribution in [0.4, 0.5) is 0 Å². The number of nitrogens with two attached hydrogens (primary N) is 1. The third-order valence-corrected chi connectivity index (χ3v) is 4.75. The topological polar surface area (TPSA) is 49.9 Å². The second-order valence-corrected chi connectivity index (χ2v) is 5.31. The summed E-state index contributed by atoms with van der Waals surface area (Å²) in [5.41, 5.74) is 7.67. The van der Waals surface area contributed by atoms with Crippen LogP contribution in [-0.4, -0.2) is 10.7 Å². The quantitative estimate of drug-likeness (QED) is 0.420. The molecule has 3 heteroatoms. The molecule has 0 aromatic heterocycles. The highest BCUT2D eigenvalue weighted by molar-refractivity contribution is 8.20. The summed E-state index contributed by atoms with van der Waals surface area (Å²) in [5, 5.41) is 9.50. The van der Waals surface area contributed by atoms with Gasteiger partial charge in [0.1, 0.15) is 5.84 Å². The maximum atomic E-state index is 7.41. The molecule has 0 radical (unpaired) electrons. The molecule has 0 saturated carbocycles. The molecule has 0 aliphatic carbocycles. The van der Waals surface area contributed by atoms with Gasteiger partial charge < -0.3 is 5.73 Å². The van der Waals surface area contributed by atoms with Gasteiger partial charge in [0.2, 0.25) is 0 Å². The number of fused-ring (bicyclic) bond motifs is 3. The maximum absolute atomic E-state index is 7.41. The second-order valence-electron chi connectivity index (χ2n) is 3.52. The highest BCUT2D eigenvalue weighted by Gasteiger charge is 2.23. The van der Waals surface area contributed by atoms with E-state index in [4.69, 9.17) is 11.1 Å². The highest BCUT2D eigenvalue weighted by atomic mass is 32.2. The maximum Gasteiger partial charge on any atom is 0.123 e. The van der Waals surface area contributed by atoms with E-state index in [1.165, 1.54) is 15.3 Å². The van der Waals surface area contributed by atoms with Crippen molar-refractivity contribution in [1.29, 1.82) is 5.41 Å². The normalized spacial score (nSPS) is 21.2. The third kappa shape index (κ3) is 1.13. The average Bonchev–Trinajstić information content (AvgIpc) is 2.25. The Morgan fingerprint density at radius 3 is 2.80 bits per heavy atom. The van der Waals surface area contributed by atoms with Gasteiger partial charge in [-0.1, -0.05) is 18.2 Å². The molecule has 74 valence electrons. The van der Waals surface area contributed by atoms with Gasteiger partial charge in [0, 0.05) is 20.9 Å². The number of hydrogen-bond donors (Lipinski definition) is 2. The molecule has 0 amide bonds. The summed E-state index contributed by atoms with van der Waals surface area (Å²) in [6, 6.07) is 8.41. The lowest BCUT2D eigenvalue weighted by atomic mass is 10.1. The van der Waals surface area contributed by atoms with Gasteiger partial charge in [-0.25, -0.2) is 0 Å². The fraction of sp³-hybridized carbons (Fsp3) is 0. The van der Waals surface area contributed by atoms with Crippen molar-refractivity contribution in [2.24, 2.45) is 5.73 Å². The molecule has 0 bridgehead atoms. The van der Waals surface area contributed by atoms with Crippen molar-refractivity contribution in [2.75, 3.05) is 0 Å². The van der Waals surface area contributed by atoms with E-state index in [-0.39, 0.29) is 16.3 Å². The van der Waals surface area contributed by atoms with Crippen LogP contribution in [0, 0.1) is 5.41 Å². The van der Waals surface area contributed by atoms with E-state index >= 15 is 0 Å². The number of amidine groups is 1. The standard InChI is InChI=1S/C12H10N2S/c13-12(14)8-5-6-11-9-3-1-2-4-10(9)15(11)7-8/h1-7H,(H3,13,14). The molecule has 2 nitrogen and oxygen atoms in total. The van der Waals surface area contributed by atoms with Crippen molar-refractivity contribution in [2.45, 2.75) is 4.90 Å². The van der Waals surface area contributed by atoms with E-state index in [0.717, 1.165) is 5.57 Å². The fourth-order valence-electron chi connectivity index (χ4n) is 1.83. The first-order valence-electron chi connectivity index (χ1n) is 4.71. The molecule has 1 aromatic rings. The molecule has 0 spiro atoms. The van der Waals surface area contributed by atoms with E-state index < -0.39 is 0 Å². The van der Waals surface area contributed by atoms with Crippen LogP contribution < -0.4 is 5.73 Å². The van der Waals surface area contributed by atoms with Crippen LogP contribution in [-0.2, 0) is 0 Å². The molecular formula is C12H10N2S. The van der Waals surface area contributed by atoms with Crippen molar-refractivity contribution >= 4 is 21.2 Å². The zero-order valence-corrected chi connectivity index (χ0v) is 8.84. The Labute approximate surface area is 90.6 Å². The molecule has 3 rings (SSSR count). The second kappa shape index (κ2) is 2.94. The zero-order chi connectivity index (χ0) is 10.4. The van der Waals surface area contributed by atoms with Gasteiger partial charge in [-0.2, -0.15) is 0 Å². The van der Waals surface area contributed by atoms with Gasteiger partial charge in [0.05, 0.1) is 0 Å². The summed E-state index contributed by atoms with van der Waals surface area (Å²) >= 11 is 0. The first-order chi connectivity index (χ1) is 7.27. The first-order valence-corrected chi connectivity index (χ1v) is 6.00. The predicted octanol–water partition coefficient (Wildman–Crippen LogP) is 2.24. The molecule has 0 saturated heterocycles. The minimum absolute atomic E-state index is 0.0670. The van der Waals surface area contributed by atoms with E-state index in [0.29, 0.717) is 0 Å². The van der Waals surface area contributed by atoms with E-state index in [2.05, 4.69) is 35.7 Å². The van der Waals surface area contributed by atoms with Crippen LogP contribution in [0.2, 0.25) is 0 Å². The Balaban J connectivity index is 2.13. The zero-order valence-electron chi connectivity index (χ0n) is 8.03. The number of nitrogens with one attached hydrogen (secondary N) is 1. The molecule has 2 aliphatic heterocycles. The first kappa shape index (κ1) is 8.68. The lowest BCUT2D eigenvalue weighted by molar-refractivity contribution is 1.40. The molecule has 1 unspecified atom stereocenters. The monoisotopic (exact) mass is 214 g/mol. The van der Waals surface area contributed by atoms with Gasteiger partial charge in [-0.05, 0) is 23.6 Å². The van der Waals surface area contributed by atoms with E-state index in [1.807, 2.05) is 6.08 Å². The van der Waals surface area contributed by atoms with Gasteiger partial charge in [0.25, 0.3) is 0 Å². The minimum atomic E-state index is 0.0670. The van der Waals surface area contributed by atoms with Crippen molar-refractivity contribution in [1.82, 2.24) is 0 Å². The summed E-state index contributed by atoms with van der Waals surface area (Å²) in [7, 11) is 0.0670. The van der Waals surface area contributed by atoms with Crippen molar-refractivity contribution in [3.8, 4) is 0 Å². The summed E-state index contributed by atoms with van der Waals surface area (Å²) in [6.07, 6.45) is 4.01. The molecule has 3 N–H and O–H groups in total. The number of allylic oxidation sites excluding steroid dienone is 1. The number of hydrogen-bond acceptors (Lipinski definition) is 1. The van der Waals surface area contributed by atoms with Crippen LogP contribution in [0.3, 0.4) is 0 Å².